The van der Waals surface area contributed by atoms with Crippen LogP contribution in [0.2, 0.25) is 0 Å². The second-order valence-electron chi connectivity index (χ2n) is 4.74. The summed E-state index contributed by atoms with van der Waals surface area (Å²) in [6.45, 7) is 3.21. The van der Waals surface area contributed by atoms with Crippen LogP contribution in [0.5, 0.6) is 0 Å². The molecule has 0 spiro atoms. The van der Waals surface area contributed by atoms with Gasteiger partial charge in [-0.15, -0.1) is 0 Å². The summed E-state index contributed by atoms with van der Waals surface area (Å²) in [7, 11) is 3.38. The van der Waals surface area contributed by atoms with E-state index in [0.717, 1.165) is 25.8 Å². The molecule has 1 aliphatic heterocycles. The maximum Gasteiger partial charge on any atom is 0.239 e. The van der Waals surface area contributed by atoms with Gasteiger partial charge in [-0.3, -0.25) is 9.59 Å². The number of likely N-dealkylation sites (N-methyl/N-ethyl adjacent to an activating group) is 1. The predicted octanol–water partition coefficient (Wildman–Crippen LogP) is -0.0310. The summed E-state index contributed by atoms with van der Waals surface area (Å²) in [4.78, 5) is 25.1. The summed E-state index contributed by atoms with van der Waals surface area (Å²) in [6, 6.07) is -0.0642. The van der Waals surface area contributed by atoms with E-state index in [2.05, 4.69) is 10.6 Å². The minimum atomic E-state index is -0.169. The number of nitrogens with zero attached hydrogens (tertiary/aromatic N) is 1. The van der Waals surface area contributed by atoms with Crippen molar-refractivity contribution in [2.45, 2.75) is 32.2 Å². The average Bonchev–Trinajstić information content (AvgIpc) is 2.37. The Morgan fingerprint density at radius 3 is 2.71 bits per heavy atom. The summed E-state index contributed by atoms with van der Waals surface area (Å²) < 4.78 is 0. The summed E-state index contributed by atoms with van der Waals surface area (Å²) >= 11 is 0. The molecular formula is C12H23N3O2. The second kappa shape index (κ2) is 6.59. The molecule has 1 fully saturated rings. The van der Waals surface area contributed by atoms with Gasteiger partial charge in [0.1, 0.15) is 0 Å². The third-order valence-corrected chi connectivity index (χ3v) is 3.23. The van der Waals surface area contributed by atoms with Crippen LogP contribution in [0.25, 0.3) is 0 Å². The van der Waals surface area contributed by atoms with Crippen LogP contribution < -0.4 is 10.6 Å². The standard InChI is InChI=1S/C12H23N3O2/c1-9(11(16)13-2)8-15(3)12(17)10-6-4-5-7-14-10/h9-10,14H,4-8H2,1-3H3,(H,13,16)/t9?,10-/m0/s1. The van der Waals surface area contributed by atoms with E-state index in [1.807, 2.05) is 6.92 Å². The number of amides is 2. The molecule has 0 bridgehead atoms. The smallest absolute Gasteiger partial charge is 0.239 e. The van der Waals surface area contributed by atoms with Crippen molar-refractivity contribution in [3.63, 3.8) is 0 Å². The highest BCUT2D eigenvalue weighted by Gasteiger charge is 2.25. The molecule has 0 saturated carbocycles. The fourth-order valence-electron chi connectivity index (χ4n) is 2.16. The molecule has 0 aromatic carbocycles. The fraction of sp³-hybridized carbons (Fsp3) is 0.833. The number of nitrogens with one attached hydrogen (secondary N) is 2. The lowest BCUT2D eigenvalue weighted by atomic mass is 10.0. The molecule has 2 atom stereocenters. The second-order valence-corrected chi connectivity index (χ2v) is 4.74. The summed E-state index contributed by atoms with van der Waals surface area (Å²) in [5.74, 6) is -0.0979. The van der Waals surface area contributed by atoms with Crippen molar-refractivity contribution in [2.24, 2.45) is 5.92 Å². The van der Waals surface area contributed by atoms with Gasteiger partial charge in [-0.1, -0.05) is 13.3 Å². The quantitative estimate of drug-likeness (QED) is 0.726. The minimum absolute atomic E-state index is 0.0266. The number of piperidine rings is 1. The molecule has 2 N–H and O–H groups in total. The highest BCUT2D eigenvalue weighted by atomic mass is 16.2. The first kappa shape index (κ1) is 14.0. The highest BCUT2D eigenvalue weighted by Crippen LogP contribution is 2.10. The van der Waals surface area contributed by atoms with E-state index in [9.17, 15) is 9.59 Å². The molecule has 1 aliphatic rings. The number of carbonyl (C=O) groups excluding carboxylic acids is 2. The monoisotopic (exact) mass is 241 g/mol. The van der Waals surface area contributed by atoms with Gasteiger partial charge in [-0.2, -0.15) is 0 Å². The Balaban J connectivity index is 2.43. The summed E-state index contributed by atoms with van der Waals surface area (Å²) in [5, 5.41) is 5.82. The predicted molar refractivity (Wildman–Crippen MR) is 66.5 cm³/mol. The van der Waals surface area contributed by atoms with E-state index >= 15 is 0 Å². The van der Waals surface area contributed by atoms with Gasteiger partial charge in [-0.25, -0.2) is 0 Å². The lowest BCUT2D eigenvalue weighted by molar-refractivity contribution is -0.134. The Labute approximate surface area is 103 Å². The topological polar surface area (TPSA) is 61.4 Å². The summed E-state index contributed by atoms with van der Waals surface area (Å²) in [5.41, 5.74) is 0. The Hall–Kier alpha value is -1.10. The van der Waals surface area contributed by atoms with E-state index in [4.69, 9.17) is 0 Å². The average molecular weight is 241 g/mol. The first-order valence-electron chi connectivity index (χ1n) is 6.26. The molecular weight excluding hydrogens is 218 g/mol. The van der Waals surface area contributed by atoms with Gasteiger partial charge in [0.15, 0.2) is 0 Å². The Morgan fingerprint density at radius 2 is 2.18 bits per heavy atom. The van der Waals surface area contributed by atoms with Crippen LogP contribution in [0.3, 0.4) is 0 Å². The van der Waals surface area contributed by atoms with Gasteiger partial charge in [0.25, 0.3) is 0 Å². The van der Waals surface area contributed by atoms with Crippen molar-refractivity contribution in [1.82, 2.24) is 15.5 Å². The molecule has 17 heavy (non-hydrogen) atoms. The number of hydrogen-bond donors (Lipinski definition) is 2. The van der Waals surface area contributed by atoms with E-state index in [1.54, 1.807) is 19.0 Å². The number of hydrogen-bond acceptors (Lipinski definition) is 3. The minimum Gasteiger partial charge on any atom is -0.359 e. The molecule has 2 amide bonds. The van der Waals surface area contributed by atoms with E-state index in [0.29, 0.717) is 6.54 Å². The molecule has 98 valence electrons. The lowest BCUT2D eigenvalue weighted by Crippen LogP contribution is -2.49. The van der Waals surface area contributed by atoms with Crippen molar-refractivity contribution in [3.05, 3.63) is 0 Å². The van der Waals surface area contributed by atoms with Crippen molar-refractivity contribution < 1.29 is 9.59 Å². The van der Waals surface area contributed by atoms with Gasteiger partial charge >= 0.3 is 0 Å². The molecule has 1 heterocycles. The van der Waals surface area contributed by atoms with E-state index in [-0.39, 0.29) is 23.8 Å². The first-order chi connectivity index (χ1) is 8.06. The molecule has 1 rings (SSSR count). The first-order valence-corrected chi connectivity index (χ1v) is 6.26. The highest BCUT2D eigenvalue weighted by molar-refractivity contribution is 5.83. The van der Waals surface area contributed by atoms with Crippen LogP contribution in [0.1, 0.15) is 26.2 Å². The fourth-order valence-corrected chi connectivity index (χ4v) is 2.16. The van der Waals surface area contributed by atoms with Crippen molar-refractivity contribution in [2.75, 3.05) is 27.2 Å². The van der Waals surface area contributed by atoms with Crippen LogP contribution in [-0.2, 0) is 9.59 Å². The van der Waals surface area contributed by atoms with Crippen LogP contribution in [0.4, 0.5) is 0 Å². The maximum atomic E-state index is 12.1. The SMILES string of the molecule is CNC(=O)C(C)CN(C)C(=O)[C@@H]1CCCCN1. The zero-order chi connectivity index (χ0) is 12.8. The van der Waals surface area contributed by atoms with Crippen LogP contribution in [0, 0.1) is 5.92 Å². The molecule has 5 nitrogen and oxygen atoms in total. The van der Waals surface area contributed by atoms with Gasteiger partial charge < -0.3 is 15.5 Å². The van der Waals surface area contributed by atoms with Crippen LogP contribution in [-0.4, -0.2) is 49.9 Å². The molecule has 1 unspecified atom stereocenters. The van der Waals surface area contributed by atoms with E-state index < -0.39 is 0 Å². The maximum absolute atomic E-state index is 12.1. The third-order valence-electron chi connectivity index (χ3n) is 3.23. The van der Waals surface area contributed by atoms with Gasteiger partial charge in [0, 0.05) is 20.6 Å². The van der Waals surface area contributed by atoms with Gasteiger partial charge in [0.05, 0.1) is 12.0 Å². The Kier molecular flexibility index (Phi) is 5.41. The molecule has 1 saturated heterocycles. The largest absolute Gasteiger partial charge is 0.359 e. The van der Waals surface area contributed by atoms with Crippen LogP contribution in [0.15, 0.2) is 0 Å². The molecule has 0 aromatic heterocycles. The molecule has 5 heteroatoms. The third kappa shape index (κ3) is 4.00. The Bertz CT molecular complexity index is 275. The zero-order valence-corrected chi connectivity index (χ0v) is 11.0. The number of rotatable bonds is 4. The van der Waals surface area contributed by atoms with Gasteiger partial charge in [0.2, 0.25) is 11.8 Å². The molecule has 0 aromatic rings. The van der Waals surface area contributed by atoms with Crippen molar-refractivity contribution >= 4 is 11.8 Å². The number of carbonyl (C=O) groups is 2. The van der Waals surface area contributed by atoms with Crippen molar-refractivity contribution in [1.29, 1.82) is 0 Å². The van der Waals surface area contributed by atoms with Crippen molar-refractivity contribution in [3.8, 4) is 0 Å². The Morgan fingerprint density at radius 1 is 1.47 bits per heavy atom. The zero-order valence-electron chi connectivity index (χ0n) is 11.0. The van der Waals surface area contributed by atoms with Crippen LogP contribution >= 0.6 is 0 Å². The van der Waals surface area contributed by atoms with Gasteiger partial charge in [-0.05, 0) is 19.4 Å². The lowest BCUT2D eigenvalue weighted by Gasteiger charge is -2.28. The normalized spacial score (nSPS) is 21.7. The molecule has 0 aliphatic carbocycles. The summed E-state index contributed by atoms with van der Waals surface area (Å²) in [6.07, 6.45) is 3.14. The van der Waals surface area contributed by atoms with E-state index in [1.165, 1.54) is 0 Å². The molecule has 0 radical (unpaired) electrons.